The van der Waals surface area contributed by atoms with E-state index in [0.717, 1.165) is 60.8 Å². The van der Waals surface area contributed by atoms with Crippen LogP contribution in [-0.4, -0.2) is 6.29 Å². The van der Waals surface area contributed by atoms with Crippen LogP contribution >= 0.6 is 58.8 Å². The molecule has 0 fully saturated rings. The van der Waals surface area contributed by atoms with Crippen molar-refractivity contribution >= 4 is 65.1 Å². The molecule has 0 saturated heterocycles. The fourth-order valence-corrected chi connectivity index (χ4v) is 10.3. The highest BCUT2D eigenvalue weighted by atomic mass is 32.2. The first-order valence-corrected chi connectivity index (χ1v) is 17.7. The Hall–Kier alpha value is -3.26. The number of hydrogen-bond donors (Lipinski definition) is 0. The molecule has 0 N–H and O–H groups in total. The van der Waals surface area contributed by atoms with Crippen LogP contribution < -0.4 is 0 Å². The average molecular weight is 647 g/mol. The van der Waals surface area contributed by atoms with E-state index in [1.807, 2.05) is 54.6 Å². The Labute approximate surface area is 274 Å². The zero-order valence-corrected chi connectivity index (χ0v) is 27.0. The molecule has 0 aliphatic heterocycles. The molecular weight excluding hydrogens is 621 g/mol. The number of benzene rings is 6. The van der Waals surface area contributed by atoms with Gasteiger partial charge in [-0.15, -0.1) is 0 Å². The number of carbonyl (C=O) groups excluding carboxylic acids is 1. The Balaban J connectivity index is 1.66. The Morgan fingerprint density at radius 3 is 0.744 bits per heavy atom. The molecule has 0 aromatic heterocycles. The van der Waals surface area contributed by atoms with E-state index in [9.17, 15) is 4.79 Å². The summed E-state index contributed by atoms with van der Waals surface area (Å²) in [6, 6.07) is 52.1. The van der Waals surface area contributed by atoms with Gasteiger partial charge >= 0.3 is 0 Å². The van der Waals surface area contributed by atoms with Crippen molar-refractivity contribution in [1.29, 1.82) is 0 Å². The molecule has 210 valence electrons. The Morgan fingerprint density at radius 1 is 0.302 bits per heavy atom. The van der Waals surface area contributed by atoms with E-state index in [1.54, 1.807) is 58.8 Å². The normalized spacial score (nSPS) is 10.9. The van der Waals surface area contributed by atoms with E-state index in [2.05, 4.69) is 97.1 Å². The van der Waals surface area contributed by atoms with Gasteiger partial charge in [0, 0.05) is 54.5 Å². The molecule has 0 atom stereocenters. The lowest BCUT2D eigenvalue weighted by Crippen LogP contribution is -2.00. The van der Waals surface area contributed by atoms with Gasteiger partial charge < -0.3 is 0 Å². The van der Waals surface area contributed by atoms with E-state index in [1.165, 1.54) is 0 Å². The molecule has 0 aliphatic rings. The quantitative estimate of drug-likeness (QED) is 0.129. The molecule has 6 aromatic rings. The van der Waals surface area contributed by atoms with Gasteiger partial charge in [0.15, 0.2) is 6.29 Å². The number of carbonyl (C=O) groups is 1. The first-order valence-electron chi connectivity index (χ1n) is 13.6. The van der Waals surface area contributed by atoms with Gasteiger partial charge in [-0.2, -0.15) is 0 Å². The monoisotopic (exact) mass is 646 g/mol. The fourth-order valence-electron chi connectivity index (χ4n) is 4.28. The topological polar surface area (TPSA) is 17.1 Å². The molecule has 1 nitrogen and oxygen atoms in total. The fraction of sp³-hybridized carbons (Fsp3) is 0. The number of hydrogen-bond acceptors (Lipinski definition) is 6. The van der Waals surface area contributed by atoms with Gasteiger partial charge in [0.1, 0.15) is 0 Å². The van der Waals surface area contributed by atoms with Gasteiger partial charge in [-0.05, 0) is 60.7 Å². The second-order valence-electron chi connectivity index (χ2n) is 9.25. The van der Waals surface area contributed by atoms with Crippen molar-refractivity contribution in [1.82, 2.24) is 0 Å². The van der Waals surface area contributed by atoms with Crippen LogP contribution in [0.2, 0.25) is 0 Å². The molecule has 0 saturated carbocycles. The number of aldehydes is 1. The van der Waals surface area contributed by atoms with Crippen molar-refractivity contribution in [3.05, 3.63) is 157 Å². The summed E-state index contributed by atoms with van der Waals surface area (Å²) >= 11 is 8.54. The summed E-state index contributed by atoms with van der Waals surface area (Å²) in [4.78, 5) is 24.1. The van der Waals surface area contributed by atoms with Crippen LogP contribution in [0.25, 0.3) is 0 Å². The van der Waals surface area contributed by atoms with E-state index >= 15 is 0 Å². The van der Waals surface area contributed by atoms with Crippen molar-refractivity contribution in [2.45, 2.75) is 49.0 Å². The first kappa shape index (κ1) is 29.8. The minimum atomic E-state index is 0.719. The molecule has 0 aliphatic carbocycles. The van der Waals surface area contributed by atoms with Gasteiger partial charge in [-0.1, -0.05) is 150 Å². The van der Waals surface area contributed by atoms with Gasteiger partial charge in [0.25, 0.3) is 0 Å². The van der Waals surface area contributed by atoms with Crippen molar-refractivity contribution in [2.75, 3.05) is 0 Å². The van der Waals surface area contributed by atoms with Crippen LogP contribution in [0.1, 0.15) is 10.4 Å². The molecular formula is C37H26OS5. The lowest BCUT2D eigenvalue weighted by atomic mass is 10.2. The third kappa shape index (κ3) is 7.64. The molecule has 6 aromatic carbocycles. The molecule has 0 bridgehead atoms. The highest BCUT2D eigenvalue weighted by Crippen LogP contribution is 2.56. The van der Waals surface area contributed by atoms with Crippen LogP contribution in [0.5, 0.6) is 0 Å². The van der Waals surface area contributed by atoms with E-state index in [0.29, 0.717) is 0 Å². The molecule has 0 unspecified atom stereocenters. The molecule has 0 amide bonds. The molecule has 0 spiro atoms. The Morgan fingerprint density at radius 2 is 0.512 bits per heavy atom. The maximum absolute atomic E-state index is 13.3. The number of rotatable bonds is 11. The van der Waals surface area contributed by atoms with Crippen molar-refractivity contribution in [3.63, 3.8) is 0 Å². The van der Waals surface area contributed by atoms with Crippen molar-refractivity contribution < 1.29 is 4.79 Å². The summed E-state index contributed by atoms with van der Waals surface area (Å²) in [6.07, 6.45) is 1.05. The maximum Gasteiger partial charge on any atom is 0.152 e. The van der Waals surface area contributed by atoms with Crippen molar-refractivity contribution in [2.24, 2.45) is 0 Å². The van der Waals surface area contributed by atoms with E-state index in [-0.39, 0.29) is 0 Å². The molecule has 6 heteroatoms. The maximum atomic E-state index is 13.3. The third-order valence-electron chi connectivity index (χ3n) is 6.25. The summed E-state index contributed by atoms with van der Waals surface area (Å²) in [5, 5.41) is 0. The molecule has 6 rings (SSSR count). The Kier molecular flexibility index (Phi) is 10.4. The third-order valence-corrected chi connectivity index (χ3v) is 12.4. The standard InChI is InChI=1S/C37H26OS5/c38-26-32-33(39-27-16-6-1-7-17-27)35(41-29-20-10-3-11-21-29)37(43-31-24-14-5-15-25-31)36(42-30-22-12-4-13-23-30)34(32)40-28-18-8-2-9-19-28/h1-26H. The van der Waals surface area contributed by atoms with Gasteiger partial charge in [-0.3, -0.25) is 4.79 Å². The summed E-state index contributed by atoms with van der Waals surface area (Å²) in [5.41, 5.74) is 0.719. The summed E-state index contributed by atoms with van der Waals surface area (Å²) in [7, 11) is 0. The minimum absolute atomic E-state index is 0.719. The van der Waals surface area contributed by atoms with Crippen molar-refractivity contribution in [3.8, 4) is 0 Å². The second kappa shape index (κ2) is 15.0. The summed E-state index contributed by atoms with van der Waals surface area (Å²) < 4.78 is 0. The SMILES string of the molecule is O=Cc1c(Sc2ccccc2)c(Sc2ccccc2)c(Sc2ccccc2)c(Sc2ccccc2)c1Sc1ccccc1. The van der Waals surface area contributed by atoms with Crippen LogP contribution in [0, 0.1) is 0 Å². The smallest absolute Gasteiger partial charge is 0.152 e. The largest absolute Gasteiger partial charge is 0.298 e. The lowest BCUT2D eigenvalue weighted by molar-refractivity contribution is 0.111. The first-order chi connectivity index (χ1) is 21.3. The van der Waals surface area contributed by atoms with Crippen LogP contribution in [-0.2, 0) is 0 Å². The summed E-state index contributed by atoms with van der Waals surface area (Å²) in [5.74, 6) is 0. The lowest BCUT2D eigenvalue weighted by Gasteiger charge is -2.24. The summed E-state index contributed by atoms with van der Waals surface area (Å²) in [6.45, 7) is 0. The highest BCUT2D eigenvalue weighted by molar-refractivity contribution is 8.05. The van der Waals surface area contributed by atoms with Gasteiger partial charge in [-0.25, -0.2) is 0 Å². The van der Waals surface area contributed by atoms with Crippen LogP contribution in [0.4, 0.5) is 0 Å². The van der Waals surface area contributed by atoms with E-state index in [4.69, 9.17) is 0 Å². The van der Waals surface area contributed by atoms with E-state index < -0.39 is 0 Å². The Bertz CT molecular complexity index is 1670. The molecule has 0 heterocycles. The van der Waals surface area contributed by atoms with Crippen LogP contribution in [0.15, 0.2) is 201 Å². The minimum Gasteiger partial charge on any atom is -0.298 e. The zero-order valence-electron chi connectivity index (χ0n) is 23.0. The van der Waals surface area contributed by atoms with Gasteiger partial charge in [0.2, 0.25) is 0 Å². The van der Waals surface area contributed by atoms with Crippen LogP contribution in [0.3, 0.4) is 0 Å². The second-order valence-corrected chi connectivity index (χ2v) is 14.7. The highest BCUT2D eigenvalue weighted by Gasteiger charge is 2.27. The van der Waals surface area contributed by atoms with Gasteiger partial charge in [0.05, 0.1) is 0 Å². The molecule has 0 radical (unpaired) electrons. The average Bonchev–Trinajstić information content (AvgIpc) is 3.07. The predicted octanol–water partition coefficient (Wildman–Crippen LogP) is 12.3. The molecule has 43 heavy (non-hydrogen) atoms. The zero-order chi connectivity index (χ0) is 29.3. The predicted molar refractivity (Wildman–Crippen MR) is 185 cm³/mol.